The lowest BCUT2D eigenvalue weighted by molar-refractivity contribution is -0.119. The average Bonchev–Trinajstić information content (AvgIpc) is 3.01. The molecule has 3 aromatic rings. The van der Waals surface area contributed by atoms with Gasteiger partial charge in [0.1, 0.15) is 12.1 Å². The highest BCUT2D eigenvalue weighted by Gasteiger charge is 2.19. The monoisotopic (exact) mass is 402 g/mol. The Labute approximate surface area is 166 Å². The molecular weight excluding hydrogens is 387 g/mol. The summed E-state index contributed by atoms with van der Waals surface area (Å²) in [6.45, 7) is 4.27. The van der Waals surface area contributed by atoms with Crippen molar-refractivity contribution in [3.63, 3.8) is 0 Å². The first-order valence-electron chi connectivity index (χ1n) is 8.19. The molecule has 0 spiro atoms. The van der Waals surface area contributed by atoms with Gasteiger partial charge >= 0.3 is 0 Å². The molecule has 0 aliphatic heterocycles. The van der Waals surface area contributed by atoms with Crippen LogP contribution in [0.1, 0.15) is 17.5 Å². The number of amides is 1. The Bertz CT molecular complexity index is 1060. The normalized spacial score (nSPS) is 10.8. The summed E-state index contributed by atoms with van der Waals surface area (Å²) in [5, 5.41) is 9.08. The van der Waals surface area contributed by atoms with Gasteiger partial charge in [-0.2, -0.15) is 10.2 Å². The maximum atomic E-state index is 13.0. The highest BCUT2D eigenvalue weighted by atomic mass is 35.5. The van der Waals surface area contributed by atoms with Crippen LogP contribution in [-0.2, 0) is 11.3 Å². The maximum Gasteiger partial charge on any atom is 0.247 e. The van der Waals surface area contributed by atoms with Crippen LogP contribution in [0.5, 0.6) is 0 Å². The third-order valence-electron chi connectivity index (χ3n) is 4.26. The van der Waals surface area contributed by atoms with E-state index in [0.29, 0.717) is 17.7 Å². The number of anilines is 1. The standard InChI is InChI=1S/C18H16Cl2N6O/c1-11-4-5-13(8-12(11)2)26(7-3-6-21)14(27)9-25-10-22-17-15(25)16(19)23-18(20)24-17/h4-5,8,10H,3,7,9H2,1-2H3. The molecule has 9 heteroatoms. The van der Waals surface area contributed by atoms with Gasteiger partial charge in [0.15, 0.2) is 10.8 Å². The smallest absolute Gasteiger partial charge is 0.247 e. The summed E-state index contributed by atoms with van der Waals surface area (Å²) in [7, 11) is 0. The van der Waals surface area contributed by atoms with E-state index in [1.807, 2.05) is 32.0 Å². The van der Waals surface area contributed by atoms with Crippen molar-refractivity contribution in [2.75, 3.05) is 11.4 Å². The number of carbonyl (C=O) groups is 1. The highest BCUT2D eigenvalue weighted by Crippen LogP contribution is 2.23. The molecule has 0 atom stereocenters. The molecule has 27 heavy (non-hydrogen) atoms. The SMILES string of the molecule is Cc1ccc(N(CCC#N)C(=O)Cn2cnc3nc(Cl)nc(Cl)c32)cc1C. The zero-order valence-corrected chi connectivity index (χ0v) is 16.3. The minimum absolute atomic E-state index is 0.00476. The summed E-state index contributed by atoms with van der Waals surface area (Å²) in [6, 6.07) is 7.85. The topological polar surface area (TPSA) is 87.7 Å². The molecule has 0 fully saturated rings. The number of nitriles is 1. The number of aromatic nitrogens is 4. The summed E-state index contributed by atoms with van der Waals surface area (Å²) in [4.78, 5) is 26.6. The van der Waals surface area contributed by atoms with E-state index in [-0.39, 0.29) is 29.3 Å². The lowest BCUT2D eigenvalue weighted by Gasteiger charge is -2.23. The van der Waals surface area contributed by atoms with Crippen LogP contribution in [0.4, 0.5) is 5.69 Å². The van der Waals surface area contributed by atoms with E-state index in [0.717, 1.165) is 16.8 Å². The van der Waals surface area contributed by atoms with Gasteiger partial charge in [-0.15, -0.1) is 0 Å². The van der Waals surface area contributed by atoms with Crippen molar-refractivity contribution in [3.8, 4) is 6.07 Å². The van der Waals surface area contributed by atoms with Crippen molar-refractivity contribution >= 4 is 46.0 Å². The number of hydrogen-bond acceptors (Lipinski definition) is 5. The Hall–Kier alpha value is -2.69. The zero-order valence-electron chi connectivity index (χ0n) is 14.8. The molecule has 2 aromatic heterocycles. The van der Waals surface area contributed by atoms with Gasteiger partial charge in [-0.25, -0.2) is 9.97 Å². The van der Waals surface area contributed by atoms with Gasteiger partial charge in [-0.1, -0.05) is 17.7 Å². The zero-order chi connectivity index (χ0) is 19.6. The Morgan fingerprint density at radius 2 is 2.04 bits per heavy atom. The second-order valence-corrected chi connectivity index (χ2v) is 6.75. The minimum Gasteiger partial charge on any atom is -0.317 e. The molecular formula is C18H16Cl2N6O. The van der Waals surface area contributed by atoms with Gasteiger partial charge < -0.3 is 9.47 Å². The van der Waals surface area contributed by atoms with Crippen LogP contribution in [0.25, 0.3) is 11.2 Å². The maximum absolute atomic E-state index is 13.0. The molecule has 138 valence electrons. The summed E-state index contributed by atoms with van der Waals surface area (Å²) >= 11 is 11.9. The predicted octanol–water partition coefficient (Wildman–Crippen LogP) is 3.70. The van der Waals surface area contributed by atoms with Crippen molar-refractivity contribution in [2.45, 2.75) is 26.8 Å². The molecule has 0 aliphatic carbocycles. The molecule has 0 N–H and O–H groups in total. The molecule has 0 saturated heterocycles. The molecule has 0 radical (unpaired) electrons. The Kier molecular flexibility index (Phi) is 5.59. The van der Waals surface area contributed by atoms with Gasteiger partial charge in [0.2, 0.25) is 11.2 Å². The number of fused-ring (bicyclic) bond motifs is 1. The second-order valence-electron chi connectivity index (χ2n) is 6.05. The number of halogens is 2. The van der Waals surface area contributed by atoms with E-state index in [1.54, 1.807) is 9.47 Å². The van der Waals surface area contributed by atoms with Gasteiger partial charge in [0, 0.05) is 12.2 Å². The number of benzene rings is 1. The molecule has 0 saturated carbocycles. The molecule has 2 heterocycles. The van der Waals surface area contributed by atoms with E-state index in [9.17, 15) is 4.79 Å². The molecule has 3 rings (SSSR count). The molecule has 0 bridgehead atoms. The first-order valence-corrected chi connectivity index (χ1v) is 8.94. The summed E-state index contributed by atoms with van der Waals surface area (Å²) in [6.07, 6.45) is 1.70. The largest absolute Gasteiger partial charge is 0.317 e. The van der Waals surface area contributed by atoms with E-state index < -0.39 is 0 Å². The van der Waals surface area contributed by atoms with Crippen LogP contribution in [-0.4, -0.2) is 32.0 Å². The number of rotatable bonds is 5. The van der Waals surface area contributed by atoms with Crippen LogP contribution < -0.4 is 4.90 Å². The summed E-state index contributed by atoms with van der Waals surface area (Å²) in [5.74, 6) is -0.196. The predicted molar refractivity (Wildman–Crippen MR) is 104 cm³/mol. The Morgan fingerprint density at radius 1 is 1.26 bits per heavy atom. The number of imidazole rings is 1. The first kappa shape index (κ1) is 19.1. The third kappa shape index (κ3) is 4.02. The Morgan fingerprint density at radius 3 is 2.74 bits per heavy atom. The lowest BCUT2D eigenvalue weighted by atomic mass is 10.1. The van der Waals surface area contributed by atoms with Crippen LogP contribution in [0.3, 0.4) is 0 Å². The van der Waals surface area contributed by atoms with E-state index in [4.69, 9.17) is 28.5 Å². The summed E-state index contributed by atoms with van der Waals surface area (Å²) < 4.78 is 1.58. The van der Waals surface area contributed by atoms with E-state index >= 15 is 0 Å². The van der Waals surface area contributed by atoms with Crippen LogP contribution in [0.15, 0.2) is 24.5 Å². The molecule has 1 aromatic carbocycles. The number of nitrogens with zero attached hydrogens (tertiary/aromatic N) is 6. The third-order valence-corrected chi connectivity index (χ3v) is 4.69. The lowest BCUT2D eigenvalue weighted by Crippen LogP contribution is -2.34. The fraction of sp³-hybridized carbons (Fsp3) is 0.278. The van der Waals surface area contributed by atoms with Crippen LogP contribution in [0, 0.1) is 25.2 Å². The van der Waals surface area contributed by atoms with Crippen molar-refractivity contribution in [3.05, 3.63) is 46.1 Å². The van der Waals surface area contributed by atoms with Crippen molar-refractivity contribution < 1.29 is 4.79 Å². The van der Waals surface area contributed by atoms with Crippen molar-refractivity contribution in [2.24, 2.45) is 0 Å². The van der Waals surface area contributed by atoms with E-state index in [1.165, 1.54) is 6.33 Å². The van der Waals surface area contributed by atoms with Gasteiger partial charge in [0.05, 0.1) is 18.8 Å². The quantitative estimate of drug-likeness (QED) is 0.479. The molecule has 7 nitrogen and oxygen atoms in total. The first-order chi connectivity index (χ1) is 12.9. The number of aryl methyl sites for hydroxylation is 2. The fourth-order valence-electron chi connectivity index (χ4n) is 2.71. The van der Waals surface area contributed by atoms with Crippen LogP contribution in [0.2, 0.25) is 10.4 Å². The van der Waals surface area contributed by atoms with Gasteiger partial charge in [-0.3, -0.25) is 4.79 Å². The van der Waals surface area contributed by atoms with Crippen LogP contribution >= 0.6 is 23.2 Å². The van der Waals surface area contributed by atoms with Gasteiger partial charge in [0.25, 0.3) is 0 Å². The number of carbonyl (C=O) groups excluding carboxylic acids is 1. The fourth-order valence-corrected chi connectivity index (χ4v) is 3.20. The molecule has 1 amide bonds. The summed E-state index contributed by atoms with van der Waals surface area (Å²) in [5.41, 5.74) is 3.71. The van der Waals surface area contributed by atoms with E-state index in [2.05, 4.69) is 21.0 Å². The van der Waals surface area contributed by atoms with Crippen molar-refractivity contribution in [1.29, 1.82) is 5.26 Å². The number of hydrogen-bond donors (Lipinski definition) is 0. The highest BCUT2D eigenvalue weighted by molar-refractivity contribution is 6.35. The molecule has 0 aliphatic rings. The Balaban J connectivity index is 1.93. The average molecular weight is 403 g/mol. The van der Waals surface area contributed by atoms with Gasteiger partial charge in [-0.05, 0) is 48.7 Å². The van der Waals surface area contributed by atoms with Crippen molar-refractivity contribution in [1.82, 2.24) is 19.5 Å². The minimum atomic E-state index is -0.196. The second kappa shape index (κ2) is 7.91. The molecule has 0 unspecified atom stereocenters.